The van der Waals surface area contributed by atoms with Crippen molar-refractivity contribution in [1.82, 2.24) is 4.57 Å². The Balaban J connectivity index is 2.59. The molecule has 1 heterocycles. The van der Waals surface area contributed by atoms with E-state index in [4.69, 9.17) is 5.11 Å². The minimum atomic E-state index is -3.05. The van der Waals surface area contributed by atoms with Gasteiger partial charge < -0.3 is 9.84 Å². The van der Waals surface area contributed by atoms with Gasteiger partial charge in [-0.05, 0) is 18.2 Å². The standard InChI is InChI=1S/C13H9F2NO4/c14-13(15)20-10-4-2-1-3-9(10)16-7-8(12(18)19)5-6-11(16)17/h1-7,13H,(H,18,19). The first-order valence-corrected chi connectivity index (χ1v) is 5.49. The van der Waals surface area contributed by atoms with Gasteiger partial charge >= 0.3 is 12.6 Å². The molecule has 1 N–H and O–H groups in total. The maximum Gasteiger partial charge on any atom is 0.387 e. The molecule has 7 heteroatoms. The van der Waals surface area contributed by atoms with E-state index in [1.54, 1.807) is 0 Å². The molecule has 0 aliphatic rings. The number of nitrogens with zero attached hydrogens (tertiary/aromatic N) is 1. The van der Waals surface area contributed by atoms with Crippen molar-refractivity contribution >= 4 is 5.97 Å². The minimum absolute atomic E-state index is 0.0425. The number of hydrogen-bond acceptors (Lipinski definition) is 3. The van der Waals surface area contributed by atoms with Crippen molar-refractivity contribution < 1.29 is 23.4 Å². The largest absolute Gasteiger partial charge is 0.478 e. The lowest BCUT2D eigenvalue weighted by Gasteiger charge is -2.12. The van der Waals surface area contributed by atoms with Crippen LogP contribution in [0.1, 0.15) is 10.4 Å². The average molecular weight is 281 g/mol. The van der Waals surface area contributed by atoms with E-state index in [9.17, 15) is 18.4 Å². The van der Waals surface area contributed by atoms with Crippen LogP contribution in [0, 0.1) is 0 Å². The summed E-state index contributed by atoms with van der Waals surface area (Å²) in [6.45, 7) is -3.05. The van der Waals surface area contributed by atoms with Gasteiger partial charge in [0.2, 0.25) is 0 Å². The molecule has 5 nitrogen and oxygen atoms in total. The van der Waals surface area contributed by atoms with E-state index in [0.717, 1.165) is 22.9 Å². The summed E-state index contributed by atoms with van der Waals surface area (Å²) in [6.07, 6.45) is 1.05. The third kappa shape index (κ3) is 2.82. The lowest BCUT2D eigenvalue weighted by Crippen LogP contribution is -2.19. The third-order valence-corrected chi connectivity index (χ3v) is 2.50. The number of aromatic nitrogens is 1. The van der Waals surface area contributed by atoms with Crippen LogP contribution in [-0.2, 0) is 0 Å². The zero-order valence-electron chi connectivity index (χ0n) is 9.99. The number of ether oxygens (including phenoxy) is 1. The molecule has 0 spiro atoms. The molecule has 0 unspecified atom stereocenters. The molecule has 0 fully saturated rings. The summed E-state index contributed by atoms with van der Waals surface area (Å²) in [5.74, 6) is -1.45. The van der Waals surface area contributed by atoms with Gasteiger partial charge in [0.1, 0.15) is 5.75 Å². The smallest absolute Gasteiger partial charge is 0.387 e. The summed E-state index contributed by atoms with van der Waals surface area (Å²) in [4.78, 5) is 22.7. The summed E-state index contributed by atoms with van der Waals surface area (Å²) < 4.78 is 29.9. The van der Waals surface area contributed by atoms with Crippen molar-refractivity contribution in [2.45, 2.75) is 6.61 Å². The number of carboxylic acids is 1. The molecule has 2 rings (SSSR count). The van der Waals surface area contributed by atoms with Crippen molar-refractivity contribution in [2.75, 3.05) is 0 Å². The fraction of sp³-hybridized carbons (Fsp3) is 0.0769. The van der Waals surface area contributed by atoms with Gasteiger partial charge in [-0.1, -0.05) is 12.1 Å². The Morgan fingerprint density at radius 2 is 1.90 bits per heavy atom. The maximum absolute atomic E-state index is 12.3. The van der Waals surface area contributed by atoms with E-state index >= 15 is 0 Å². The van der Waals surface area contributed by atoms with Crippen molar-refractivity contribution in [2.24, 2.45) is 0 Å². The predicted molar refractivity (Wildman–Crippen MR) is 65.6 cm³/mol. The zero-order valence-corrected chi connectivity index (χ0v) is 9.99. The Kier molecular flexibility index (Phi) is 3.79. The van der Waals surface area contributed by atoms with Crippen LogP contribution in [0.4, 0.5) is 8.78 Å². The number of pyridine rings is 1. The summed E-state index contributed by atoms with van der Waals surface area (Å²) >= 11 is 0. The number of benzene rings is 1. The summed E-state index contributed by atoms with van der Waals surface area (Å²) in [5.41, 5.74) is -0.655. The Morgan fingerprint density at radius 1 is 1.20 bits per heavy atom. The first-order valence-electron chi connectivity index (χ1n) is 5.49. The van der Waals surface area contributed by atoms with Gasteiger partial charge in [-0.3, -0.25) is 9.36 Å². The van der Waals surface area contributed by atoms with Crippen molar-refractivity contribution in [3.8, 4) is 11.4 Å². The second-order valence-electron chi connectivity index (χ2n) is 3.78. The Bertz CT molecular complexity index is 697. The number of carboxylic acid groups (broad SMARTS) is 1. The zero-order chi connectivity index (χ0) is 14.7. The highest BCUT2D eigenvalue weighted by Crippen LogP contribution is 2.23. The van der Waals surface area contributed by atoms with Crippen molar-refractivity contribution in [3.05, 3.63) is 58.5 Å². The monoisotopic (exact) mass is 281 g/mol. The van der Waals surface area contributed by atoms with Gasteiger partial charge in [0.05, 0.1) is 11.3 Å². The van der Waals surface area contributed by atoms with Crippen LogP contribution in [0.5, 0.6) is 5.75 Å². The number of hydrogen-bond donors (Lipinski definition) is 1. The van der Waals surface area contributed by atoms with Gasteiger partial charge in [0.15, 0.2) is 0 Å². The normalized spacial score (nSPS) is 10.6. The van der Waals surface area contributed by atoms with E-state index in [1.165, 1.54) is 24.3 Å². The van der Waals surface area contributed by atoms with Crippen LogP contribution in [0.3, 0.4) is 0 Å². The molecule has 20 heavy (non-hydrogen) atoms. The third-order valence-electron chi connectivity index (χ3n) is 2.50. The predicted octanol–water partition coefficient (Wildman–Crippen LogP) is 2.14. The molecule has 0 saturated heterocycles. The van der Waals surface area contributed by atoms with E-state index in [-0.39, 0.29) is 17.0 Å². The van der Waals surface area contributed by atoms with Gasteiger partial charge in [0, 0.05) is 12.3 Å². The molecule has 0 amide bonds. The van der Waals surface area contributed by atoms with Crippen LogP contribution in [0.2, 0.25) is 0 Å². The highest BCUT2D eigenvalue weighted by atomic mass is 19.3. The second kappa shape index (κ2) is 5.52. The second-order valence-corrected chi connectivity index (χ2v) is 3.78. The summed E-state index contributed by atoms with van der Waals surface area (Å²) in [5, 5.41) is 8.90. The number of halogens is 2. The first-order chi connectivity index (χ1) is 9.49. The number of rotatable bonds is 4. The Morgan fingerprint density at radius 3 is 2.55 bits per heavy atom. The lowest BCUT2D eigenvalue weighted by molar-refractivity contribution is -0.0498. The lowest BCUT2D eigenvalue weighted by atomic mass is 10.2. The van der Waals surface area contributed by atoms with Crippen molar-refractivity contribution in [3.63, 3.8) is 0 Å². The minimum Gasteiger partial charge on any atom is -0.478 e. The van der Waals surface area contributed by atoms with E-state index in [1.807, 2.05) is 0 Å². The average Bonchev–Trinajstić information content (AvgIpc) is 2.39. The number of para-hydroxylation sites is 2. The van der Waals surface area contributed by atoms with Gasteiger partial charge in [-0.15, -0.1) is 0 Å². The topological polar surface area (TPSA) is 68.5 Å². The SMILES string of the molecule is O=C(O)c1ccc(=O)n(-c2ccccc2OC(F)F)c1. The van der Waals surface area contributed by atoms with Crippen LogP contribution >= 0.6 is 0 Å². The van der Waals surface area contributed by atoms with Crippen LogP contribution < -0.4 is 10.3 Å². The van der Waals surface area contributed by atoms with E-state index in [0.29, 0.717) is 0 Å². The van der Waals surface area contributed by atoms with Crippen LogP contribution in [0.15, 0.2) is 47.4 Å². The van der Waals surface area contributed by atoms with Gasteiger partial charge in [-0.2, -0.15) is 8.78 Å². The quantitative estimate of drug-likeness (QED) is 0.932. The van der Waals surface area contributed by atoms with E-state index < -0.39 is 18.1 Å². The number of aromatic carboxylic acids is 1. The molecule has 0 aliphatic heterocycles. The van der Waals surface area contributed by atoms with Gasteiger partial charge in [-0.25, -0.2) is 4.79 Å². The fourth-order valence-electron chi connectivity index (χ4n) is 1.65. The molecule has 1 aromatic heterocycles. The molecule has 104 valence electrons. The molecule has 0 atom stereocenters. The molecule has 0 aliphatic carbocycles. The Labute approximate surface area is 111 Å². The highest BCUT2D eigenvalue weighted by Gasteiger charge is 2.13. The summed E-state index contributed by atoms with van der Waals surface area (Å²) in [6, 6.07) is 7.81. The highest BCUT2D eigenvalue weighted by molar-refractivity contribution is 5.87. The number of alkyl halides is 2. The molecule has 1 aromatic carbocycles. The molecule has 0 bridgehead atoms. The van der Waals surface area contributed by atoms with Crippen molar-refractivity contribution in [1.29, 1.82) is 0 Å². The van der Waals surface area contributed by atoms with Gasteiger partial charge in [0.25, 0.3) is 5.56 Å². The van der Waals surface area contributed by atoms with E-state index in [2.05, 4.69) is 4.74 Å². The molecular weight excluding hydrogens is 272 g/mol. The van der Waals surface area contributed by atoms with Crippen LogP contribution in [-0.4, -0.2) is 22.3 Å². The number of carbonyl (C=O) groups is 1. The summed E-state index contributed by atoms with van der Waals surface area (Å²) in [7, 11) is 0. The molecule has 2 aromatic rings. The molecule has 0 saturated carbocycles. The molecular formula is C13H9F2NO4. The Hall–Kier alpha value is -2.70. The maximum atomic E-state index is 12.3. The fourth-order valence-corrected chi connectivity index (χ4v) is 1.65. The first kappa shape index (κ1) is 13.7. The van der Waals surface area contributed by atoms with Crippen LogP contribution in [0.25, 0.3) is 5.69 Å². The molecule has 0 radical (unpaired) electrons.